The van der Waals surface area contributed by atoms with Crippen molar-refractivity contribution in [3.63, 3.8) is 0 Å². The van der Waals surface area contributed by atoms with Crippen LogP contribution in [0.4, 0.5) is 18.9 Å². The third-order valence-corrected chi connectivity index (χ3v) is 6.01. The molecule has 0 heterocycles. The Balaban J connectivity index is 1.56. The number of carboxylic acid groups (broad SMARTS) is 1. The van der Waals surface area contributed by atoms with Crippen molar-refractivity contribution in [3.05, 3.63) is 132 Å². The van der Waals surface area contributed by atoms with Gasteiger partial charge in [0.05, 0.1) is 17.6 Å². The normalized spacial score (nSPS) is 12.0. The van der Waals surface area contributed by atoms with E-state index in [1.165, 1.54) is 66.8 Å². The van der Waals surface area contributed by atoms with Crippen LogP contribution in [0.1, 0.15) is 27.0 Å². The van der Waals surface area contributed by atoms with E-state index in [1.54, 1.807) is 12.1 Å². The molecule has 222 valence electrons. The SMILES string of the molecule is C=CC=C(C=C)C(=O)Oc1ccc(CC(NC(=O)c2ccc(NC(=O)Cc3ccc(C(F)(F)F)cc3)cc2)C(=O)O)cc1. The molecule has 3 N–H and O–H groups in total. The summed E-state index contributed by atoms with van der Waals surface area (Å²) in [5.74, 6) is -2.80. The van der Waals surface area contributed by atoms with Crippen molar-refractivity contribution >= 4 is 29.4 Å². The smallest absolute Gasteiger partial charge is 0.416 e. The molecule has 0 fully saturated rings. The maximum absolute atomic E-state index is 12.7. The number of rotatable bonds is 12. The molecule has 0 aliphatic heterocycles. The molecule has 0 radical (unpaired) electrons. The van der Waals surface area contributed by atoms with Crippen molar-refractivity contribution in [1.29, 1.82) is 0 Å². The average Bonchev–Trinajstić information content (AvgIpc) is 2.96. The number of hydrogen-bond donors (Lipinski definition) is 3. The van der Waals surface area contributed by atoms with Crippen molar-refractivity contribution in [1.82, 2.24) is 5.32 Å². The Morgan fingerprint density at radius 2 is 1.49 bits per heavy atom. The zero-order valence-corrected chi connectivity index (χ0v) is 22.7. The maximum atomic E-state index is 12.7. The van der Waals surface area contributed by atoms with Gasteiger partial charge in [0.2, 0.25) is 5.91 Å². The molecule has 8 nitrogen and oxygen atoms in total. The molecule has 0 aliphatic rings. The number of ether oxygens (including phenoxy) is 1. The molecule has 43 heavy (non-hydrogen) atoms. The van der Waals surface area contributed by atoms with Gasteiger partial charge in [-0.05, 0) is 65.7 Å². The standard InChI is InChI=1S/C32H27F3N2O6/c1-3-5-22(4-2)31(42)43-26-16-8-20(9-17-26)18-27(30(40)41)37-29(39)23-10-14-25(15-11-23)36-28(38)19-21-6-12-24(13-7-21)32(33,34)35/h3-17,27H,1-2,18-19H2,(H,36,38)(H,37,39)(H,40,41). The first kappa shape index (κ1) is 32.1. The minimum absolute atomic E-state index is 0.0539. The minimum atomic E-state index is -4.47. The van der Waals surface area contributed by atoms with Crippen molar-refractivity contribution in [3.8, 4) is 5.75 Å². The van der Waals surface area contributed by atoms with Gasteiger partial charge in [-0.25, -0.2) is 9.59 Å². The Kier molecular flexibility index (Phi) is 10.8. The predicted molar refractivity (Wildman–Crippen MR) is 153 cm³/mol. The number of amides is 2. The lowest BCUT2D eigenvalue weighted by atomic mass is 10.0. The number of aliphatic carboxylic acids is 1. The van der Waals surface area contributed by atoms with E-state index in [1.807, 2.05) is 0 Å². The third kappa shape index (κ3) is 9.56. The molecule has 3 aromatic carbocycles. The highest BCUT2D eigenvalue weighted by Crippen LogP contribution is 2.29. The van der Waals surface area contributed by atoms with E-state index in [2.05, 4.69) is 23.8 Å². The van der Waals surface area contributed by atoms with Gasteiger partial charge >= 0.3 is 18.1 Å². The van der Waals surface area contributed by atoms with Gasteiger partial charge in [0.15, 0.2) is 0 Å². The van der Waals surface area contributed by atoms with Crippen LogP contribution in [-0.2, 0) is 33.4 Å². The summed E-state index contributed by atoms with van der Waals surface area (Å²) in [6, 6.07) is 14.8. The van der Waals surface area contributed by atoms with Crippen LogP contribution in [0.2, 0.25) is 0 Å². The molecule has 0 saturated carbocycles. The van der Waals surface area contributed by atoms with E-state index in [4.69, 9.17) is 4.74 Å². The van der Waals surface area contributed by atoms with Crippen LogP contribution in [0, 0.1) is 0 Å². The summed E-state index contributed by atoms with van der Waals surface area (Å²) in [4.78, 5) is 49.0. The highest BCUT2D eigenvalue weighted by atomic mass is 19.4. The largest absolute Gasteiger partial charge is 0.480 e. The maximum Gasteiger partial charge on any atom is 0.416 e. The monoisotopic (exact) mass is 592 g/mol. The number of hydrogen-bond acceptors (Lipinski definition) is 5. The summed E-state index contributed by atoms with van der Waals surface area (Å²) in [5.41, 5.74) is 0.820. The molecule has 0 bridgehead atoms. The Morgan fingerprint density at radius 3 is 2.02 bits per heavy atom. The number of allylic oxidation sites excluding steroid dienone is 2. The second kappa shape index (κ2) is 14.4. The summed E-state index contributed by atoms with van der Waals surface area (Å²) in [5, 5.41) is 14.7. The number of nitrogens with one attached hydrogen (secondary N) is 2. The lowest BCUT2D eigenvalue weighted by molar-refractivity contribution is -0.139. The van der Waals surface area contributed by atoms with Gasteiger partial charge in [-0.3, -0.25) is 9.59 Å². The van der Waals surface area contributed by atoms with E-state index >= 15 is 0 Å². The lowest BCUT2D eigenvalue weighted by Gasteiger charge is -2.15. The van der Waals surface area contributed by atoms with Gasteiger partial charge in [-0.1, -0.05) is 49.6 Å². The van der Waals surface area contributed by atoms with Crippen molar-refractivity contribution < 1.29 is 42.2 Å². The Labute approximate surface area is 245 Å². The van der Waals surface area contributed by atoms with Crippen LogP contribution in [0.25, 0.3) is 0 Å². The molecule has 0 spiro atoms. The summed E-state index contributed by atoms with van der Waals surface area (Å²) in [6.45, 7) is 7.05. The van der Waals surface area contributed by atoms with Crippen molar-refractivity contribution in [2.45, 2.75) is 25.1 Å². The predicted octanol–water partition coefficient (Wildman–Crippen LogP) is 5.52. The molecule has 0 aliphatic carbocycles. The number of alkyl halides is 3. The van der Waals surface area contributed by atoms with Gasteiger partial charge in [0, 0.05) is 17.7 Å². The zero-order chi connectivity index (χ0) is 31.6. The van der Waals surface area contributed by atoms with Crippen LogP contribution < -0.4 is 15.4 Å². The van der Waals surface area contributed by atoms with Crippen LogP contribution in [0.3, 0.4) is 0 Å². The van der Waals surface area contributed by atoms with Gasteiger partial charge in [-0.2, -0.15) is 13.2 Å². The molecular formula is C32H27F3N2O6. The molecule has 0 aromatic heterocycles. The van der Waals surface area contributed by atoms with Crippen LogP contribution in [0.15, 0.2) is 110 Å². The van der Waals surface area contributed by atoms with Crippen molar-refractivity contribution in [2.75, 3.05) is 5.32 Å². The van der Waals surface area contributed by atoms with E-state index in [0.717, 1.165) is 12.1 Å². The number of anilines is 1. The Hall–Kier alpha value is -5.45. The first-order valence-electron chi connectivity index (χ1n) is 12.8. The fourth-order valence-corrected chi connectivity index (χ4v) is 3.79. The first-order valence-corrected chi connectivity index (χ1v) is 12.8. The highest BCUT2D eigenvalue weighted by Gasteiger charge is 2.30. The number of carbonyl (C=O) groups excluding carboxylic acids is 3. The van der Waals surface area contributed by atoms with E-state index < -0.39 is 41.5 Å². The van der Waals surface area contributed by atoms with Crippen LogP contribution in [0.5, 0.6) is 5.75 Å². The fourth-order valence-electron chi connectivity index (χ4n) is 3.79. The van der Waals surface area contributed by atoms with E-state index in [0.29, 0.717) is 16.8 Å². The van der Waals surface area contributed by atoms with E-state index in [-0.39, 0.29) is 29.7 Å². The molecule has 2 amide bonds. The quantitative estimate of drug-likeness (QED) is 0.110. The third-order valence-electron chi connectivity index (χ3n) is 6.01. The second-order valence-electron chi connectivity index (χ2n) is 9.16. The number of carbonyl (C=O) groups is 4. The van der Waals surface area contributed by atoms with Crippen LogP contribution >= 0.6 is 0 Å². The molecule has 1 unspecified atom stereocenters. The van der Waals surface area contributed by atoms with Gasteiger partial charge < -0.3 is 20.5 Å². The number of benzene rings is 3. The average molecular weight is 593 g/mol. The molecule has 3 aromatic rings. The zero-order valence-electron chi connectivity index (χ0n) is 22.7. The summed E-state index contributed by atoms with van der Waals surface area (Å²) >= 11 is 0. The number of esters is 1. The Bertz CT molecular complexity index is 1530. The molecule has 1 atom stereocenters. The second-order valence-corrected chi connectivity index (χ2v) is 9.16. The lowest BCUT2D eigenvalue weighted by Crippen LogP contribution is -2.42. The fraction of sp³-hybridized carbons (Fsp3) is 0.125. The summed E-state index contributed by atoms with van der Waals surface area (Å²) in [7, 11) is 0. The summed E-state index contributed by atoms with van der Waals surface area (Å²) < 4.78 is 43.4. The molecule has 0 saturated heterocycles. The van der Waals surface area contributed by atoms with E-state index in [9.17, 15) is 37.5 Å². The van der Waals surface area contributed by atoms with Crippen molar-refractivity contribution in [2.24, 2.45) is 0 Å². The molecule has 11 heteroatoms. The topological polar surface area (TPSA) is 122 Å². The molecule has 3 rings (SSSR count). The minimum Gasteiger partial charge on any atom is -0.480 e. The Morgan fingerprint density at radius 1 is 0.884 bits per heavy atom. The van der Waals surface area contributed by atoms with Crippen LogP contribution in [-0.4, -0.2) is 34.9 Å². The molecular weight excluding hydrogens is 565 g/mol. The number of halogens is 3. The highest BCUT2D eigenvalue weighted by molar-refractivity contribution is 5.98. The van der Waals surface area contributed by atoms with Gasteiger partial charge in [0.25, 0.3) is 5.91 Å². The first-order chi connectivity index (χ1) is 20.4. The summed E-state index contributed by atoms with van der Waals surface area (Å²) in [6.07, 6.45) is -0.490. The van der Waals surface area contributed by atoms with Gasteiger partial charge in [-0.15, -0.1) is 0 Å². The number of carboxylic acids is 1. The van der Waals surface area contributed by atoms with Gasteiger partial charge in [0.1, 0.15) is 11.8 Å².